The lowest BCUT2D eigenvalue weighted by atomic mass is 10.00. The largest absolute Gasteiger partial charge is 0.228 e. The predicted molar refractivity (Wildman–Crippen MR) is 191 cm³/mol. The third-order valence-electron chi connectivity index (χ3n) is 8.96. The molecule has 1 aliphatic rings. The lowest BCUT2D eigenvalue weighted by molar-refractivity contribution is 1.13. The Morgan fingerprint density at radius 3 is 1.60 bits per heavy atom. The van der Waals surface area contributed by atoms with Crippen molar-refractivity contribution in [3.05, 3.63) is 169 Å². The summed E-state index contributed by atoms with van der Waals surface area (Å²) in [7, 11) is 0. The van der Waals surface area contributed by atoms with Crippen LogP contribution in [0.1, 0.15) is 11.1 Å². The molecule has 47 heavy (non-hydrogen) atoms. The van der Waals surface area contributed by atoms with E-state index >= 15 is 0 Å². The second-order valence-corrected chi connectivity index (χ2v) is 11.9. The highest BCUT2D eigenvalue weighted by molar-refractivity contribution is 5.94. The zero-order valence-electron chi connectivity index (χ0n) is 25.5. The van der Waals surface area contributed by atoms with Gasteiger partial charge in [-0.3, -0.25) is 0 Å². The van der Waals surface area contributed by atoms with Crippen LogP contribution >= 0.6 is 0 Å². The zero-order valence-corrected chi connectivity index (χ0v) is 25.5. The summed E-state index contributed by atoms with van der Waals surface area (Å²) in [6.07, 6.45) is 0.817. The van der Waals surface area contributed by atoms with Crippen molar-refractivity contribution in [1.29, 1.82) is 0 Å². The van der Waals surface area contributed by atoms with Gasteiger partial charge in [0.2, 0.25) is 0 Å². The van der Waals surface area contributed by atoms with Crippen LogP contribution in [0.4, 0.5) is 0 Å². The molecule has 2 heterocycles. The Labute approximate surface area is 273 Å². The van der Waals surface area contributed by atoms with Gasteiger partial charge in [0.15, 0.2) is 11.6 Å². The van der Waals surface area contributed by atoms with Crippen LogP contribution in [0, 0.1) is 0 Å². The van der Waals surface area contributed by atoms with Crippen LogP contribution in [0.25, 0.3) is 78.6 Å². The quantitative estimate of drug-likeness (QED) is 0.197. The summed E-state index contributed by atoms with van der Waals surface area (Å²) in [5, 5.41) is 1.03. The zero-order chi connectivity index (χ0) is 31.2. The number of para-hydroxylation sites is 1. The summed E-state index contributed by atoms with van der Waals surface area (Å²) in [4.78, 5) is 20.4. The molecule has 1 aliphatic carbocycles. The van der Waals surface area contributed by atoms with Gasteiger partial charge >= 0.3 is 0 Å². The smallest absolute Gasteiger partial charge is 0.160 e. The van der Waals surface area contributed by atoms with E-state index in [1.165, 1.54) is 27.8 Å². The van der Waals surface area contributed by atoms with Crippen molar-refractivity contribution in [2.75, 3.05) is 0 Å². The number of hydrogen-bond acceptors (Lipinski definition) is 4. The Morgan fingerprint density at radius 1 is 0.340 bits per heavy atom. The van der Waals surface area contributed by atoms with Gasteiger partial charge in [-0.1, -0.05) is 152 Å². The van der Waals surface area contributed by atoms with Crippen molar-refractivity contribution in [3.63, 3.8) is 0 Å². The fourth-order valence-corrected chi connectivity index (χ4v) is 6.58. The standard InChI is InChI=1S/C43H28N4/c1-3-11-28(12-4-1)29-19-21-30(22-20-29)39-36-17-9-10-18-38(36)44-42(45-39)33-25-23-31(24-26-33)40-37-27-34-15-7-8-16-35(34)41(37)47-43(46-40)32-13-5-2-6-14-32/h1-26H,27H2. The van der Waals surface area contributed by atoms with Crippen LogP contribution < -0.4 is 0 Å². The third kappa shape index (κ3) is 4.88. The lowest BCUT2D eigenvalue weighted by Crippen LogP contribution is -1.99. The first-order valence-corrected chi connectivity index (χ1v) is 15.9. The van der Waals surface area contributed by atoms with Crippen molar-refractivity contribution in [3.8, 4) is 67.7 Å². The molecule has 4 nitrogen and oxygen atoms in total. The highest BCUT2D eigenvalue weighted by Crippen LogP contribution is 2.41. The first kappa shape index (κ1) is 27.1. The van der Waals surface area contributed by atoms with Crippen LogP contribution in [-0.4, -0.2) is 19.9 Å². The third-order valence-corrected chi connectivity index (χ3v) is 8.96. The van der Waals surface area contributed by atoms with Gasteiger partial charge in [0.25, 0.3) is 0 Å². The summed E-state index contributed by atoms with van der Waals surface area (Å²) in [5.74, 6) is 1.43. The molecule has 220 valence electrons. The van der Waals surface area contributed by atoms with E-state index in [1.807, 2.05) is 36.4 Å². The van der Waals surface area contributed by atoms with E-state index in [2.05, 4.69) is 121 Å². The number of aromatic nitrogens is 4. The Bertz CT molecular complexity index is 2400. The molecular weight excluding hydrogens is 573 g/mol. The van der Waals surface area contributed by atoms with Crippen molar-refractivity contribution < 1.29 is 0 Å². The second-order valence-electron chi connectivity index (χ2n) is 11.9. The van der Waals surface area contributed by atoms with E-state index in [9.17, 15) is 0 Å². The molecule has 0 unspecified atom stereocenters. The highest BCUT2D eigenvalue weighted by Gasteiger charge is 2.25. The van der Waals surface area contributed by atoms with E-state index in [0.717, 1.165) is 62.5 Å². The van der Waals surface area contributed by atoms with E-state index in [1.54, 1.807) is 0 Å². The maximum Gasteiger partial charge on any atom is 0.160 e. The molecule has 4 heteroatoms. The average Bonchev–Trinajstić information content (AvgIpc) is 3.54. The summed E-state index contributed by atoms with van der Waals surface area (Å²) in [6.45, 7) is 0. The normalized spacial score (nSPS) is 11.7. The Morgan fingerprint density at radius 2 is 0.830 bits per heavy atom. The predicted octanol–water partition coefficient (Wildman–Crippen LogP) is 10.3. The number of fused-ring (bicyclic) bond motifs is 4. The highest BCUT2D eigenvalue weighted by atomic mass is 14.9. The molecule has 0 amide bonds. The van der Waals surface area contributed by atoms with Crippen molar-refractivity contribution >= 4 is 10.9 Å². The molecule has 9 rings (SSSR count). The van der Waals surface area contributed by atoms with Crippen LogP contribution in [0.3, 0.4) is 0 Å². The molecule has 6 aromatic carbocycles. The molecule has 0 spiro atoms. The van der Waals surface area contributed by atoms with E-state index in [-0.39, 0.29) is 0 Å². The summed E-state index contributed by atoms with van der Waals surface area (Å²) >= 11 is 0. The molecule has 2 aromatic heterocycles. The van der Waals surface area contributed by atoms with Crippen molar-refractivity contribution in [2.45, 2.75) is 6.42 Å². The van der Waals surface area contributed by atoms with E-state index < -0.39 is 0 Å². The molecule has 0 bridgehead atoms. The summed E-state index contributed by atoms with van der Waals surface area (Å²) < 4.78 is 0. The van der Waals surface area contributed by atoms with Gasteiger partial charge < -0.3 is 0 Å². The van der Waals surface area contributed by atoms with Gasteiger partial charge in [-0.2, -0.15) is 0 Å². The fraction of sp³-hybridized carbons (Fsp3) is 0.0233. The maximum atomic E-state index is 5.15. The SMILES string of the molecule is c1ccc(-c2ccc(-c3nc(-c4ccc(-c5nc(-c6ccccc6)nc6c5Cc5ccccc5-6)cc4)nc4ccccc34)cc2)cc1. The number of rotatable bonds is 5. The Balaban J connectivity index is 1.12. The molecule has 0 fully saturated rings. The average molecular weight is 601 g/mol. The fourth-order valence-electron chi connectivity index (χ4n) is 6.58. The van der Waals surface area contributed by atoms with E-state index in [0.29, 0.717) is 5.82 Å². The van der Waals surface area contributed by atoms with Crippen molar-refractivity contribution in [1.82, 2.24) is 19.9 Å². The number of hydrogen-bond donors (Lipinski definition) is 0. The van der Waals surface area contributed by atoms with Gasteiger partial charge in [-0.15, -0.1) is 0 Å². The molecule has 0 radical (unpaired) electrons. The molecule has 0 saturated heterocycles. The Kier molecular flexibility index (Phi) is 6.50. The van der Waals surface area contributed by atoms with Crippen LogP contribution in [0.5, 0.6) is 0 Å². The molecule has 0 atom stereocenters. The van der Waals surface area contributed by atoms with Crippen molar-refractivity contribution in [2.24, 2.45) is 0 Å². The molecule has 0 saturated carbocycles. The summed E-state index contributed by atoms with van der Waals surface area (Å²) in [6, 6.07) is 54.6. The first-order chi connectivity index (χ1) is 23.3. The number of nitrogens with zero attached hydrogens (tertiary/aromatic N) is 4. The van der Waals surface area contributed by atoms with E-state index in [4.69, 9.17) is 19.9 Å². The first-order valence-electron chi connectivity index (χ1n) is 15.9. The van der Waals surface area contributed by atoms with Crippen LogP contribution in [0.2, 0.25) is 0 Å². The minimum absolute atomic E-state index is 0.697. The monoisotopic (exact) mass is 600 g/mol. The molecule has 0 N–H and O–H groups in total. The van der Waals surface area contributed by atoms with Gasteiger partial charge in [0.1, 0.15) is 0 Å². The minimum Gasteiger partial charge on any atom is -0.228 e. The lowest BCUT2D eigenvalue weighted by Gasteiger charge is -2.12. The molecular formula is C43H28N4. The van der Waals surface area contributed by atoms with Crippen LogP contribution in [-0.2, 0) is 6.42 Å². The van der Waals surface area contributed by atoms with Gasteiger partial charge in [-0.05, 0) is 22.8 Å². The molecule has 8 aromatic rings. The maximum absolute atomic E-state index is 5.15. The minimum atomic E-state index is 0.697. The number of benzene rings is 6. The summed E-state index contributed by atoms with van der Waals surface area (Å²) in [5.41, 5.74) is 13.9. The van der Waals surface area contributed by atoms with Gasteiger partial charge in [-0.25, -0.2) is 19.9 Å². The van der Waals surface area contributed by atoms with Crippen LogP contribution in [0.15, 0.2) is 158 Å². The molecule has 0 aliphatic heterocycles. The Hall–Kier alpha value is -6.26. The topological polar surface area (TPSA) is 51.6 Å². The second kappa shape index (κ2) is 11.3. The van der Waals surface area contributed by atoms with Gasteiger partial charge in [0, 0.05) is 45.2 Å². The van der Waals surface area contributed by atoms with Gasteiger partial charge in [0.05, 0.1) is 22.6 Å².